The number of carbonyl (C=O) groups excluding carboxylic acids is 1. The maximum absolute atomic E-state index is 10.9. The molecule has 17 heavy (non-hydrogen) atoms. The van der Waals surface area contributed by atoms with Gasteiger partial charge in [0, 0.05) is 19.1 Å². The number of hydrogen-bond acceptors (Lipinski definition) is 3. The number of anilines is 1. The van der Waals surface area contributed by atoms with Gasteiger partial charge in [0.2, 0.25) is 5.91 Å². The monoisotopic (exact) mass is 275 g/mol. The Kier molecular flexibility index (Phi) is 3.76. The van der Waals surface area contributed by atoms with Gasteiger partial charge in [-0.25, -0.2) is 0 Å². The molecule has 1 atom stereocenters. The van der Waals surface area contributed by atoms with E-state index in [0.717, 1.165) is 6.61 Å². The summed E-state index contributed by atoms with van der Waals surface area (Å²) in [7, 11) is 0. The van der Waals surface area contributed by atoms with Crippen LogP contribution >= 0.6 is 23.2 Å². The molecule has 0 spiro atoms. The van der Waals surface area contributed by atoms with E-state index < -0.39 is 0 Å². The minimum atomic E-state index is -0.228. The number of ether oxygens (including phenoxy) is 2. The van der Waals surface area contributed by atoms with Crippen LogP contribution in [0.15, 0.2) is 12.1 Å². The molecule has 1 amide bonds. The van der Waals surface area contributed by atoms with Crippen LogP contribution in [0.3, 0.4) is 0 Å². The van der Waals surface area contributed by atoms with Crippen molar-refractivity contribution >= 4 is 34.8 Å². The van der Waals surface area contributed by atoms with Crippen molar-refractivity contribution in [3.8, 4) is 5.75 Å². The highest BCUT2D eigenvalue weighted by atomic mass is 35.5. The molecule has 2 rings (SSSR count). The standard InChI is InChI=1S/C11H11Cl2NO3/c1-6(15)14-11-9(12)2-7(3-10(11)13)16-4-8-5-17-8/h2-3,8H,4-5H2,1H3,(H,14,15). The lowest BCUT2D eigenvalue weighted by Gasteiger charge is -2.10. The molecule has 0 aliphatic carbocycles. The van der Waals surface area contributed by atoms with Crippen molar-refractivity contribution in [3.05, 3.63) is 22.2 Å². The number of benzene rings is 1. The van der Waals surface area contributed by atoms with E-state index in [9.17, 15) is 4.79 Å². The molecule has 92 valence electrons. The molecule has 0 bridgehead atoms. The third kappa shape index (κ3) is 3.49. The summed E-state index contributed by atoms with van der Waals surface area (Å²) >= 11 is 12.0. The van der Waals surface area contributed by atoms with Crippen LogP contribution in [0.1, 0.15) is 6.92 Å². The van der Waals surface area contributed by atoms with Crippen molar-refractivity contribution in [2.75, 3.05) is 18.5 Å². The van der Waals surface area contributed by atoms with Crippen molar-refractivity contribution in [1.29, 1.82) is 0 Å². The lowest BCUT2D eigenvalue weighted by atomic mass is 10.3. The first-order valence-electron chi connectivity index (χ1n) is 5.07. The van der Waals surface area contributed by atoms with E-state index in [1.165, 1.54) is 6.92 Å². The summed E-state index contributed by atoms with van der Waals surface area (Å²) in [5.74, 6) is 0.332. The fourth-order valence-electron chi connectivity index (χ4n) is 1.28. The van der Waals surface area contributed by atoms with Crippen molar-refractivity contribution in [1.82, 2.24) is 0 Å². The van der Waals surface area contributed by atoms with E-state index >= 15 is 0 Å². The quantitative estimate of drug-likeness (QED) is 0.860. The van der Waals surface area contributed by atoms with Gasteiger partial charge in [0.15, 0.2) is 0 Å². The summed E-state index contributed by atoms with van der Waals surface area (Å²) in [5, 5.41) is 3.26. The first-order valence-corrected chi connectivity index (χ1v) is 5.83. The summed E-state index contributed by atoms with van der Waals surface area (Å²) in [6.07, 6.45) is 0.169. The van der Waals surface area contributed by atoms with Crippen LogP contribution in [-0.2, 0) is 9.53 Å². The van der Waals surface area contributed by atoms with Crippen LogP contribution in [0.25, 0.3) is 0 Å². The topological polar surface area (TPSA) is 50.9 Å². The van der Waals surface area contributed by atoms with Crippen molar-refractivity contribution < 1.29 is 14.3 Å². The van der Waals surface area contributed by atoms with Crippen molar-refractivity contribution in [3.63, 3.8) is 0 Å². The molecule has 4 nitrogen and oxygen atoms in total. The molecule has 1 aliphatic heterocycles. The van der Waals surface area contributed by atoms with Crippen LogP contribution < -0.4 is 10.1 Å². The fraction of sp³-hybridized carbons (Fsp3) is 0.364. The summed E-state index contributed by atoms with van der Waals surface area (Å²) < 4.78 is 10.5. The number of rotatable bonds is 4. The van der Waals surface area contributed by atoms with E-state index in [1.54, 1.807) is 12.1 Å². The normalized spacial score (nSPS) is 17.7. The van der Waals surface area contributed by atoms with Crippen LogP contribution in [0.4, 0.5) is 5.69 Å². The Labute approximate surface area is 109 Å². The maximum Gasteiger partial charge on any atom is 0.221 e. The molecule has 1 aliphatic rings. The molecule has 1 saturated heterocycles. The highest BCUT2D eigenvalue weighted by Crippen LogP contribution is 2.35. The zero-order valence-corrected chi connectivity index (χ0v) is 10.6. The Hall–Kier alpha value is -0.970. The van der Waals surface area contributed by atoms with Crippen LogP contribution in [0.2, 0.25) is 10.0 Å². The third-order valence-corrected chi connectivity index (χ3v) is 2.75. The van der Waals surface area contributed by atoms with E-state index in [2.05, 4.69) is 5.32 Å². The zero-order valence-electron chi connectivity index (χ0n) is 9.13. The van der Waals surface area contributed by atoms with Crippen LogP contribution in [-0.4, -0.2) is 25.2 Å². The summed E-state index contributed by atoms with van der Waals surface area (Å²) in [6, 6.07) is 3.22. The largest absolute Gasteiger partial charge is 0.491 e. The van der Waals surface area contributed by atoms with E-state index in [1.807, 2.05) is 0 Å². The van der Waals surface area contributed by atoms with Gasteiger partial charge in [0.25, 0.3) is 0 Å². The van der Waals surface area contributed by atoms with Gasteiger partial charge in [0.05, 0.1) is 22.3 Å². The molecule has 0 saturated carbocycles. The average Bonchev–Trinajstić information content (AvgIpc) is 3.04. The van der Waals surface area contributed by atoms with Gasteiger partial charge in [-0.05, 0) is 0 Å². The molecule has 0 radical (unpaired) electrons. The number of hydrogen-bond donors (Lipinski definition) is 1. The second-order valence-electron chi connectivity index (χ2n) is 3.71. The first-order chi connectivity index (χ1) is 8.06. The summed E-state index contributed by atoms with van der Waals surface area (Å²) in [4.78, 5) is 10.9. The number of epoxide rings is 1. The molecular weight excluding hydrogens is 265 g/mol. The van der Waals surface area contributed by atoms with Gasteiger partial charge >= 0.3 is 0 Å². The smallest absolute Gasteiger partial charge is 0.221 e. The number of amides is 1. The van der Waals surface area contributed by atoms with Gasteiger partial charge in [-0.1, -0.05) is 23.2 Å². The molecule has 0 aromatic heterocycles. The Bertz CT molecular complexity index is 423. The third-order valence-electron chi connectivity index (χ3n) is 2.15. The molecule has 1 unspecified atom stereocenters. The number of nitrogens with one attached hydrogen (secondary N) is 1. The highest BCUT2D eigenvalue weighted by molar-refractivity contribution is 6.40. The lowest BCUT2D eigenvalue weighted by molar-refractivity contribution is -0.114. The van der Waals surface area contributed by atoms with Gasteiger partial charge in [-0.15, -0.1) is 0 Å². The molecule has 6 heteroatoms. The van der Waals surface area contributed by atoms with Gasteiger partial charge in [0.1, 0.15) is 18.5 Å². The predicted molar refractivity (Wildman–Crippen MR) is 66.0 cm³/mol. The first kappa shape index (κ1) is 12.5. The Morgan fingerprint density at radius 2 is 2.12 bits per heavy atom. The Balaban J connectivity index is 2.11. The minimum Gasteiger partial charge on any atom is -0.491 e. The minimum absolute atomic E-state index is 0.169. The van der Waals surface area contributed by atoms with E-state index in [0.29, 0.717) is 28.1 Å². The highest BCUT2D eigenvalue weighted by Gasteiger charge is 2.23. The average molecular weight is 276 g/mol. The van der Waals surface area contributed by atoms with E-state index in [4.69, 9.17) is 32.7 Å². The zero-order chi connectivity index (χ0) is 12.4. The predicted octanol–water partition coefficient (Wildman–Crippen LogP) is 2.73. The van der Waals surface area contributed by atoms with Crippen LogP contribution in [0, 0.1) is 0 Å². The second-order valence-corrected chi connectivity index (χ2v) is 4.52. The SMILES string of the molecule is CC(=O)Nc1c(Cl)cc(OCC2CO2)cc1Cl. The maximum atomic E-state index is 10.9. The van der Waals surface area contributed by atoms with Crippen LogP contribution in [0.5, 0.6) is 5.75 Å². The Morgan fingerprint density at radius 1 is 1.53 bits per heavy atom. The second kappa shape index (κ2) is 5.12. The van der Waals surface area contributed by atoms with Gasteiger partial charge < -0.3 is 14.8 Å². The fourth-order valence-corrected chi connectivity index (χ4v) is 1.84. The number of carbonyl (C=O) groups is 1. The molecular formula is C11H11Cl2NO3. The lowest BCUT2D eigenvalue weighted by Crippen LogP contribution is -2.08. The molecule has 1 N–H and O–H groups in total. The molecule has 1 heterocycles. The summed E-state index contributed by atoms with van der Waals surface area (Å²) in [6.45, 7) is 2.60. The van der Waals surface area contributed by atoms with Gasteiger partial charge in [-0.3, -0.25) is 4.79 Å². The molecule has 1 aromatic rings. The van der Waals surface area contributed by atoms with Gasteiger partial charge in [-0.2, -0.15) is 0 Å². The molecule has 1 aromatic carbocycles. The van der Waals surface area contributed by atoms with E-state index in [-0.39, 0.29) is 12.0 Å². The summed E-state index contributed by atoms with van der Waals surface area (Å²) in [5.41, 5.74) is 0.399. The Morgan fingerprint density at radius 3 is 2.59 bits per heavy atom. The number of halogens is 2. The van der Waals surface area contributed by atoms with Crippen molar-refractivity contribution in [2.45, 2.75) is 13.0 Å². The van der Waals surface area contributed by atoms with Crippen molar-refractivity contribution in [2.24, 2.45) is 0 Å². The molecule has 1 fully saturated rings.